The summed E-state index contributed by atoms with van der Waals surface area (Å²) in [6, 6.07) is 64.9. The maximum Gasteiger partial charge on any atom is 0.125 e. The van der Waals surface area contributed by atoms with Gasteiger partial charge in [0.2, 0.25) is 0 Å². The van der Waals surface area contributed by atoms with Gasteiger partial charge in [-0.1, -0.05) is 91.0 Å². The molecule has 4 nitrogen and oxygen atoms in total. The van der Waals surface area contributed by atoms with Crippen molar-refractivity contribution in [3.63, 3.8) is 0 Å². The third kappa shape index (κ3) is 5.58. The lowest BCUT2D eigenvalue weighted by Gasteiger charge is -2.26. The van der Waals surface area contributed by atoms with Crippen LogP contribution in [0.1, 0.15) is 0 Å². The summed E-state index contributed by atoms with van der Waals surface area (Å²) in [5.41, 5.74) is 9.33. The highest BCUT2D eigenvalue weighted by Crippen LogP contribution is 2.40. The molecule has 0 amide bonds. The number of thiophene rings is 3. The van der Waals surface area contributed by atoms with Gasteiger partial charge in [-0.2, -0.15) is 0 Å². The van der Waals surface area contributed by atoms with Gasteiger partial charge in [-0.05, 0) is 91.0 Å². The van der Waals surface area contributed by atoms with Gasteiger partial charge in [-0.25, -0.2) is 15.0 Å². The molecule has 0 bridgehead atoms. The van der Waals surface area contributed by atoms with Crippen LogP contribution < -0.4 is 4.90 Å². The van der Waals surface area contributed by atoms with Gasteiger partial charge in [-0.15, -0.1) is 34.0 Å². The molecule has 0 aliphatic rings. The van der Waals surface area contributed by atoms with E-state index in [4.69, 9.17) is 15.0 Å². The van der Waals surface area contributed by atoms with Crippen molar-refractivity contribution in [1.29, 1.82) is 0 Å². The van der Waals surface area contributed by atoms with Crippen LogP contribution in [0.25, 0.3) is 94.7 Å². The van der Waals surface area contributed by atoms with Gasteiger partial charge in [0, 0.05) is 80.2 Å². The zero-order valence-electron chi connectivity index (χ0n) is 30.8. The maximum absolute atomic E-state index is 5.11. The monoisotopic (exact) mass is 794 g/mol. The van der Waals surface area contributed by atoms with Crippen molar-refractivity contribution in [1.82, 2.24) is 15.0 Å². The Morgan fingerprint density at radius 2 is 0.569 bits per heavy atom. The standard InChI is InChI=1S/C51H30N4S3/c1-4-10-46-37(7-1)40-25-28-43(52-49(40)56-46)31-13-19-34(20-14-31)55(35-21-15-32(16-22-35)44-29-26-41-38-8-2-5-11-47(38)57-50(41)53-44)36-23-17-33(18-24-36)45-30-27-42-39-9-3-6-12-48(39)58-51(42)54-45/h1-30H. The summed E-state index contributed by atoms with van der Waals surface area (Å²) < 4.78 is 3.79. The van der Waals surface area contributed by atoms with E-state index < -0.39 is 0 Å². The first-order valence-electron chi connectivity index (χ1n) is 19.2. The van der Waals surface area contributed by atoms with Crippen LogP contribution in [0, 0.1) is 0 Å². The van der Waals surface area contributed by atoms with Gasteiger partial charge in [0.25, 0.3) is 0 Å². The lowest BCUT2D eigenvalue weighted by atomic mass is 10.1. The van der Waals surface area contributed by atoms with Crippen LogP contribution in [0.15, 0.2) is 182 Å². The van der Waals surface area contributed by atoms with E-state index in [2.05, 4.69) is 187 Å². The van der Waals surface area contributed by atoms with Gasteiger partial charge < -0.3 is 4.90 Å². The van der Waals surface area contributed by atoms with E-state index in [1.165, 1.54) is 46.4 Å². The second-order valence-corrected chi connectivity index (χ2v) is 17.5. The zero-order chi connectivity index (χ0) is 38.2. The summed E-state index contributed by atoms with van der Waals surface area (Å²) in [5, 5.41) is 7.40. The molecular formula is C51H30N4S3. The van der Waals surface area contributed by atoms with Crippen molar-refractivity contribution in [2.24, 2.45) is 0 Å². The van der Waals surface area contributed by atoms with Crippen molar-refractivity contribution in [3.8, 4) is 33.8 Å². The number of hydrogen-bond acceptors (Lipinski definition) is 7. The fourth-order valence-corrected chi connectivity index (χ4v) is 11.3. The van der Waals surface area contributed by atoms with Crippen LogP contribution in [0.2, 0.25) is 0 Å². The SMILES string of the molecule is c1ccc2c(c1)sc1nc(-c3ccc(N(c4ccc(-c5ccc6c(n5)sc5ccccc56)cc4)c4ccc(-c5ccc6c(n5)sc5ccccc56)cc4)cc3)ccc12. The van der Waals surface area contributed by atoms with Crippen molar-refractivity contribution in [3.05, 3.63) is 182 Å². The first-order valence-corrected chi connectivity index (χ1v) is 21.6. The molecule has 6 aromatic heterocycles. The Hall–Kier alpha value is -6.77. The van der Waals surface area contributed by atoms with Crippen LogP contribution >= 0.6 is 34.0 Å². The first kappa shape index (κ1) is 33.4. The molecule has 12 aromatic rings. The minimum atomic E-state index is 0.970. The smallest absolute Gasteiger partial charge is 0.125 e. The average molecular weight is 795 g/mol. The van der Waals surface area contributed by atoms with Crippen LogP contribution in [-0.4, -0.2) is 15.0 Å². The number of rotatable bonds is 6. The van der Waals surface area contributed by atoms with Gasteiger partial charge in [0.1, 0.15) is 14.5 Å². The van der Waals surface area contributed by atoms with E-state index in [1.54, 1.807) is 34.0 Å². The molecular weight excluding hydrogens is 765 g/mol. The molecule has 0 N–H and O–H groups in total. The number of aromatic nitrogens is 3. The predicted octanol–water partition coefficient (Wildman–Crippen LogP) is 15.4. The molecule has 0 saturated carbocycles. The molecule has 0 aliphatic heterocycles. The van der Waals surface area contributed by atoms with Gasteiger partial charge in [-0.3, -0.25) is 0 Å². The minimum absolute atomic E-state index is 0.970. The van der Waals surface area contributed by atoms with E-state index in [9.17, 15) is 0 Å². The lowest BCUT2D eigenvalue weighted by molar-refractivity contribution is 1.28. The third-order valence-corrected chi connectivity index (χ3v) is 14.2. The molecule has 272 valence electrons. The summed E-state index contributed by atoms with van der Waals surface area (Å²) in [4.78, 5) is 20.8. The van der Waals surface area contributed by atoms with E-state index in [-0.39, 0.29) is 0 Å². The highest BCUT2D eigenvalue weighted by molar-refractivity contribution is 7.26. The molecule has 0 aliphatic carbocycles. The molecule has 0 fully saturated rings. The van der Waals surface area contributed by atoms with Gasteiger partial charge in [0.15, 0.2) is 0 Å². The molecule has 0 atom stereocenters. The summed E-state index contributed by atoms with van der Waals surface area (Å²) in [7, 11) is 0. The van der Waals surface area contributed by atoms with Crippen molar-refractivity contribution in [2.75, 3.05) is 4.90 Å². The normalized spacial score (nSPS) is 11.8. The van der Waals surface area contributed by atoms with Crippen molar-refractivity contribution >= 4 is 112 Å². The number of anilines is 3. The number of hydrogen-bond donors (Lipinski definition) is 0. The van der Waals surface area contributed by atoms with E-state index in [1.807, 2.05) is 0 Å². The Bertz CT molecular complexity index is 3130. The maximum atomic E-state index is 5.11. The van der Waals surface area contributed by atoms with Crippen LogP contribution in [0.5, 0.6) is 0 Å². The second kappa shape index (κ2) is 13.4. The van der Waals surface area contributed by atoms with Crippen molar-refractivity contribution in [2.45, 2.75) is 0 Å². The Morgan fingerprint density at radius 1 is 0.276 bits per heavy atom. The van der Waals surface area contributed by atoms with Crippen LogP contribution in [0.3, 0.4) is 0 Å². The van der Waals surface area contributed by atoms with Crippen molar-refractivity contribution < 1.29 is 0 Å². The highest BCUT2D eigenvalue weighted by Gasteiger charge is 2.16. The summed E-state index contributed by atoms with van der Waals surface area (Å²) in [6.45, 7) is 0. The molecule has 0 saturated heterocycles. The summed E-state index contributed by atoms with van der Waals surface area (Å²) >= 11 is 5.24. The Kier molecular flexibility index (Phi) is 7.72. The minimum Gasteiger partial charge on any atom is -0.311 e. The fourth-order valence-electron chi connectivity index (χ4n) is 8.09. The molecule has 58 heavy (non-hydrogen) atoms. The number of fused-ring (bicyclic) bond motifs is 9. The zero-order valence-corrected chi connectivity index (χ0v) is 33.3. The Balaban J connectivity index is 0.911. The van der Waals surface area contributed by atoms with Crippen LogP contribution in [-0.2, 0) is 0 Å². The molecule has 0 radical (unpaired) electrons. The van der Waals surface area contributed by atoms with E-state index in [0.29, 0.717) is 0 Å². The quantitative estimate of drug-likeness (QED) is 0.168. The molecule has 0 unspecified atom stereocenters. The first-order chi connectivity index (χ1) is 28.7. The Labute approximate surface area is 345 Å². The predicted molar refractivity (Wildman–Crippen MR) is 249 cm³/mol. The van der Waals surface area contributed by atoms with E-state index in [0.717, 1.165) is 65.3 Å². The number of benzene rings is 6. The molecule has 0 spiro atoms. The number of pyridine rings is 3. The molecule has 7 heteroatoms. The largest absolute Gasteiger partial charge is 0.311 e. The lowest BCUT2D eigenvalue weighted by Crippen LogP contribution is -2.09. The van der Waals surface area contributed by atoms with Gasteiger partial charge in [0.05, 0.1) is 17.1 Å². The second-order valence-electron chi connectivity index (χ2n) is 14.4. The Morgan fingerprint density at radius 3 is 0.879 bits per heavy atom. The molecule has 6 aromatic carbocycles. The summed E-state index contributed by atoms with van der Waals surface area (Å²) in [5.74, 6) is 0. The van der Waals surface area contributed by atoms with Gasteiger partial charge >= 0.3 is 0 Å². The topological polar surface area (TPSA) is 41.9 Å². The summed E-state index contributed by atoms with van der Waals surface area (Å²) in [6.07, 6.45) is 0. The average Bonchev–Trinajstić information content (AvgIpc) is 3.97. The fraction of sp³-hybridized carbons (Fsp3) is 0. The molecule has 6 heterocycles. The number of nitrogens with zero attached hydrogens (tertiary/aromatic N) is 4. The highest BCUT2D eigenvalue weighted by atomic mass is 32.1. The van der Waals surface area contributed by atoms with E-state index >= 15 is 0 Å². The third-order valence-electron chi connectivity index (χ3n) is 11.0. The molecule has 12 rings (SSSR count). The van der Waals surface area contributed by atoms with Crippen LogP contribution in [0.4, 0.5) is 17.1 Å².